The second-order valence-electron chi connectivity index (χ2n) is 6.74. The van der Waals surface area contributed by atoms with Crippen LogP contribution in [0.4, 0.5) is 4.39 Å². The van der Waals surface area contributed by atoms with Crippen LogP contribution in [-0.2, 0) is 16.0 Å². The van der Waals surface area contributed by atoms with Gasteiger partial charge in [-0.15, -0.1) is 0 Å². The Bertz CT molecular complexity index is 577. The summed E-state index contributed by atoms with van der Waals surface area (Å²) in [5.41, 5.74) is -0.425. The zero-order valence-electron chi connectivity index (χ0n) is 13.8. The Balaban J connectivity index is 1.71. The maximum Gasteiger partial charge on any atom is 0.225 e. The van der Waals surface area contributed by atoms with Gasteiger partial charge in [-0.2, -0.15) is 0 Å². The quantitative estimate of drug-likeness (QED) is 0.860. The Morgan fingerprint density at radius 1 is 1.38 bits per heavy atom. The normalized spacial score (nSPS) is 25.7. The van der Waals surface area contributed by atoms with Gasteiger partial charge in [-0.25, -0.2) is 4.39 Å². The van der Waals surface area contributed by atoms with Crippen LogP contribution < -0.4 is 5.32 Å². The Labute approximate surface area is 141 Å². The van der Waals surface area contributed by atoms with E-state index in [4.69, 9.17) is 4.74 Å². The molecule has 6 heteroatoms. The molecular formula is C18H25FN2O3. The second kappa shape index (κ2) is 7.59. The molecule has 0 aliphatic carbocycles. The molecule has 24 heavy (non-hydrogen) atoms. The summed E-state index contributed by atoms with van der Waals surface area (Å²) in [7, 11) is 0. The monoisotopic (exact) mass is 336 g/mol. The van der Waals surface area contributed by atoms with E-state index in [1.54, 1.807) is 23.1 Å². The van der Waals surface area contributed by atoms with Crippen LogP contribution in [0.5, 0.6) is 0 Å². The summed E-state index contributed by atoms with van der Waals surface area (Å²) in [6.45, 7) is 2.69. The summed E-state index contributed by atoms with van der Waals surface area (Å²) < 4.78 is 19.8. The largest absolute Gasteiger partial charge is 0.393 e. The number of rotatable bonds is 4. The van der Waals surface area contributed by atoms with Crippen LogP contribution in [0, 0.1) is 11.7 Å². The number of hydrogen-bond acceptors (Lipinski definition) is 4. The summed E-state index contributed by atoms with van der Waals surface area (Å²) >= 11 is 0. The highest BCUT2D eigenvalue weighted by Gasteiger charge is 2.40. The molecule has 1 aromatic carbocycles. The highest BCUT2D eigenvalue weighted by atomic mass is 19.1. The lowest BCUT2D eigenvalue weighted by atomic mass is 9.91. The number of carbonyl (C=O) groups is 1. The molecular weight excluding hydrogens is 311 g/mol. The van der Waals surface area contributed by atoms with E-state index in [2.05, 4.69) is 5.32 Å². The molecule has 2 heterocycles. The van der Waals surface area contributed by atoms with Crippen molar-refractivity contribution in [1.82, 2.24) is 10.2 Å². The van der Waals surface area contributed by atoms with Gasteiger partial charge >= 0.3 is 0 Å². The van der Waals surface area contributed by atoms with Crippen molar-refractivity contribution in [3.05, 3.63) is 35.6 Å². The van der Waals surface area contributed by atoms with Gasteiger partial charge in [-0.3, -0.25) is 4.79 Å². The number of benzene rings is 1. The van der Waals surface area contributed by atoms with Gasteiger partial charge in [-0.1, -0.05) is 18.2 Å². The lowest BCUT2D eigenvalue weighted by molar-refractivity contribution is -0.162. The van der Waals surface area contributed by atoms with Crippen LogP contribution in [0.1, 0.15) is 18.4 Å². The van der Waals surface area contributed by atoms with E-state index in [1.807, 2.05) is 0 Å². The third kappa shape index (κ3) is 3.77. The molecule has 132 valence electrons. The van der Waals surface area contributed by atoms with Crippen LogP contribution in [0.15, 0.2) is 24.3 Å². The van der Waals surface area contributed by atoms with Gasteiger partial charge in [-0.05, 0) is 37.6 Å². The topological polar surface area (TPSA) is 61.8 Å². The second-order valence-corrected chi connectivity index (χ2v) is 6.74. The average Bonchev–Trinajstić information content (AvgIpc) is 2.64. The molecule has 0 saturated carbocycles. The molecule has 0 aromatic heterocycles. The number of piperidine rings is 1. The third-order valence-electron chi connectivity index (χ3n) is 5.01. The number of nitrogens with zero attached hydrogens (tertiary/aromatic N) is 1. The molecule has 1 aromatic rings. The summed E-state index contributed by atoms with van der Waals surface area (Å²) in [6, 6.07) is 6.51. The van der Waals surface area contributed by atoms with Crippen molar-refractivity contribution in [2.24, 2.45) is 5.92 Å². The summed E-state index contributed by atoms with van der Waals surface area (Å²) in [5.74, 6) is -0.143. The maximum absolute atomic E-state index is 14.0. The number of morpholine rings is 1. The molecule has 2 fully saturated rings. The van der Waals surface area contributed by atoms with Gasteiger partial charge in [0.05, 0.1) is 19.8 Å². The van der Waals surface area contributed by atoms with Crippen molar-refractivity contribution in [3.63, 3.8) is 0 Å². The summed E-state index contributed by atoms with van der Waals surface area (Å²) in [6.07, 6.45) is 1.94. The highest BCUT2D eigenvalue weighted by Crippen LogP contribution is 2.26. The van der Waals surface area contributed by atoms with Gasteiger partial charge in [0.15, 0.2) is 0 Å². The van der Waals surface area contributed by atoms with Crippen LogP contribution in [0.3, 0.4) is 0 Å². The lowest BCUT2D eigenvalue weighted by Crippen LogP contribution is -2.58. The minimum absolute atomic E-state index is 0.0363. The Hall–Kier alpha value is -1.50. The first kappa shape index (κ1) is 17.3. The van der Waals surface area contributed by atoms with Gasteiger partial charge in [0.1, 0.15) is 11.4 Å². The van der Waals surface area contributed by atoms with E-state index in [0.717, 1.165) is 25.9 Å². The van der Waals surface area contributed by atoms with E-state index in [9.17, 15) is 14.3 Å². The molecule has 0 unspecified atom stereocenters. The number of aliphatic hydroxyl groups is 1. The zero-order valence-corrected chi connectivity index (χ0v) is 13.8. The van der Waals surface area contributed by atoms with Crippen molar-refractivity contribution in [2.45, 2.75) is 24.9 Å². The zero-order chi connectivity index (χ0) is 17.0. The first-order valence-corrected chi connectivity index (χ1v) is 8.61. The fourth-order valence-corrected chi connectivity index (χ4v) is 3.61. The van der Waals surface area contributed by atoms with E-state index in [1.165, 1.54) is 6.07 Å². The summed E-state index contributed by atoms with van der Waals surface area (Å²) in [5, 5.41) is 13.2. The highest BCUT2D eigenvalue weighted by molar-refractivity contribution is 5.79. The fourth-order valence-electron chi connectivity index (χ4n) is 3.61. The Kier molecular flexibility index (Phi) is 5.48. The van der Waals surface area contributed by atoms with Gasteiger partial charge in [0.25, 0.3) is 0 Å². The SMILES string of the molecule is O=C(C1CCNCC1)N1CCO[C@](CO)(Cc2ccccc2F)C1. The minimum Gasteiger partial charge on any atom is -0.393 e. The molecule has 0 spiro atoms. The number of aliphatic hydroxyl groups excluding tert-OH is 1. The molecule has 1 amide bonds. The summed E-state index contributed by atoms with van der Waals surface area (Å²) in [4.78, 5) is 14.6. The van der Waals surface area contributed by atoms with Crippen LogP contribution in [0.25, 0.3) is 0 Å². The van der Waals surface area contributed by atoms with Crippen molar-refractivity contribution in [2.75, 3.05) is 39.4 Å². The predicted octanol–water partition coefficient (Wildman–Crippen LogP) is 0.958. The van der Waals surface area contributed by atoms with Crippen LogP contribution in [-0.4, -0.2) is 60.9 Å². The van der Waals surface area contributed by atoms with Gasteiger partial charge in [0.2, 0.25) is 5.91 Å². The molecule has 0 bridgehead atoms. The van der Waals surface area contributed by atoms with Crippen LogP contribution in [0.2, 0.25) is 0 Å². The molecule has 2 saturated heterocycles. The number of ether oxygens (including phenoxy) is 1. The maximum atomic E-state index is 14.0. The van der Waals surface area contributed by atoms with E-state index in [-0.39, 0.29) is 30.7 Å². The molecule has 3 rings (SSSR count). The molecule has 2 N–H and O–H groups in total. The van der Waals surface area contributed by atoms with Crippen LogP contribution >= 0.6 is 0 Å². The first-order chi connectivity index (χ1) is 11.6. The number of amides is 1. The Morgan fingerprint density at radius 2 is 2.12 bits per heavy atom. The van der Waals surface area contributed by atoms with Gasteiger partial charge < -0.3 is 20.1 Å². The number of halogens is 1. The minimum atomic E-state index is -0.928. The predicted molar refractivity (Wildman–Crippen MR) is 88.0 cm³/mol. The smallest absolute Gasteiger partial charge is 0.225 e. The molecule has 2 aliphatic heterocycles. The number of nitrogens with one attached hydrogen (secondary N) is 1. The van der Waals surface area contributed by atoms with Gasteiger partial charge in [0, 0.05) is 18.9 Å². The lowest BCUT2D eigenvalue weighted by Gasteiger charge is -2.43. The van der Waals surface area contributed by atoms with E-state index < -0.39 is 5.60 Å². The molecule has 1 atom stereocenters. The van der Waals surface area contributed by atoms with E-state index >= 15 is 0 Å². The standard InChI is InChI=1S/C18H25FN2O3/c19-16-4-2-1-3-15(16)11-18(13-22)12-21(9-10-24-18)17(23)14-5-7-20-8-6-14/h1-4,14,20,22H,5-13H2/t18-/m1/s1. The average molecular weight is 336 g/mol. The third-order valence-corrected chi connectivity index (χ3v) is 5.01. The number of hydrogen-bond donors (Lipinski definition) is 2. The van der Waals surface area contributed by atoms with Crippen molar-refractivity contribution >= 4 is 5.91 Å². The first-order valence-electron chi connectivity index (χ1n) is 8.61. The van der Waals surface area contributed by atoms with Crippen molar-refractivity contribution in [1.29, 1.82) is 0 Å². The van der Waals surface area contributed by atoms with Crippen molar-refractivity contribution in [3.8, 4) is 0 Å². The molecule has 0 radical (unpaired) electrons. The number of carbonyl (C=O) groups excluding carboxylic acids is 1. The fraction of sp³-hybridized carbons (Fsp3) is 0.611. The molecule has 2 aliphatic rings. The van der Waals surface area contributed by atoms with Crippen molar-refractivity contribution < 1.29 is 19.0 Å². The molecule has 5 nitrogen and oxygen atoms in total. The Morgan fingerprint density at radius 3 is 2.83 bits per heavy atom. The van der Waals surface area contributed by atoms with E-state index in [0.29, 0.717) is 25.3 Å².